The van der Waals surface area contributed by atoms with Crippen LogP contribution < -0.4 is 5.73 Å². The molecule has 3 rings (SSSR count). The standard InChI is InChI=1S/C16H30N2/c17-16(10-4-1-5-11-16)13-18-12-6-9-15(18)14-7-2-3-8-14/h14-15H,1-13,17H2. The third-order valence-electron chi connectivity index (χ3n) is 5.73. The van der Waals surface area contributed by atoms with E-state index in [2.05, 4.69) is 4.90 Å². The highest BCUT2D eigenvalue weighted by Crippen LogP contribution is 2.37. The van der Waals surface area contributed by atoms with Crippen LogP contribution in [0.4, 0.5) is 0 Å². The van der Waals surface area contributed by atoms with E-state index in [-0.39, 0.29) is 5.54 Å². The van der Waals surface area contributed by atoms with Crippen molar-refractivity contribution in [3.8, 4) is 0 Å². The SMILES string of the molecule is NC1(CN2CCCC2C2CCCC2)CCCCC1. The fourth-order valence-electron chi connectivity index (χ4n) is 4.74. The smallest absolute Gasteiger partial charge is 0.0283 e. The molecule has 0 amide bonds. The topological polar surface area (TPSA) is 29.3 Å². The van der Waals surface area contributed by atoms with Crippen molar-refractivity contribution < 1.29 is 0 Å². The van der Waals surface area contributed by atoms with Gasteiger partial charge < -0.3 is 5.73 Å². The molecular formula is C16H30N2. The first-order chi connectivity index (χ1) is 8.77. The second-order valence-corrected chi connectivity index (χ2v) is 7.15. The van der Waals surface area contributed by atoms with Crippen LogP contribution in [0.5, 0.6) is 0 Å². The summed E-state index contributed by atoms with van der Waals surface area (Å²) in [5.74, 6) is 1.000. The number of nitrogens with two attached hydrogens (primary N) is 1. The Morgan fingerprint density at radius 1 is 0.889 bits per heavy atom. The molecule has 104 valence electrons. The molecule has 1 aliphatic heterocycles. The van der Waals surface area contributed by atoms with Crippen molar-refractivity contribution in [2.45, 2.75) is 82.2 Å². The van der Waals surface area contributed by atoms with Crippen molar-refractivity contribution in [2.24, 2.45) is 11.7 Å². The monoisotopic (exact) mass is 250 g/mol. The number of likely N-dealkylation sites (tertiary alicyclic amines) is 1. The van der Waals surface area contributed by atoms with Gasteiger partial charge in [-0.3, -0.25) is 4.90 Å². The minimum Gasteiger partial charge on any atom is -0.324 e. The summed E-state index contributed by atoms with van der Waals surface area (Å²) >= 11 is 0. The van der Waals surface area contributed by atoms with Crippen molar-refractivity contribution in [3.63, 3.8) is 0 Å². The Kier molecular flexibility index (Phi) is 3.95. The summed E-state index contributed by atoms with van der Waals surface area (Å²) in [6.07, 6.45) is 15.4. The van der Waals surface area contributed by atoms with Gasteiger partial charge in [-0.05, 0) is 51.0 Å². The fourth-order valence-corrected chi connectivity index (χ4v) is 4.74. The van der Waals surface area contributed by atoms with E-state index >= 15 is 0 Å². The van der Waals surface area contributed by atoms with Crippen molar-refractivity contribution in [1.29, 1.82) is 0 Å². The fraction of sp³-hybridized carbons (Fsp3) is 1.00. The lowest BCUT2D eigenvalue weighted by atomic mass is 9.81. The van der Waals surface area contributed by atoms with Crippen LogP contribution >= 0.6 is 0 Å². The summed E-state index contributed by atoms with van der Waals surface area (Å²) in [5, 5.41) is 0. The Morgan fingerprint density at radius 3 is 2.33 bits per heavy atom. The lowest BCUT2D eigenvalue weighted by Crippen LogP contribution is -2.53. The van der Waals surface area contributed by atoms with Gasteiger partial charge in [0.2, 0.25) is 0 Å². The molecule has 2 aliphatic carbocycles. The summed E-state index contributed by atoms with van der Waals surface area (Å²) in [4.78, 5) is 2.78. The largest absolute Gasteiger partial charge is 0.324 e. The number of nitrogens with zero attached hydrogens (tertiary/aromatic N) is 1. The number of hydrogen-bond donors (Lipinski definition) is 1. The molecule has 1 unspecified atom stereocenters. The molecule has 0 aromatic heterocycles. The van der Waals surface area contributed by atoms with Crippen molar-refractivity contribution in [1.82, 2.24) is 4.90 Å². The van der Waals surface area contributed by atoms with Gasteiger partial charge in [-0.15, -0.1) is 0 Å². The first-order valence-corrected chi connectivity index (χ1v) is 8.30. The molecule has 2 heteroatoms. The Hall–Kier alpha value is -0.0800. The summed E-state index contributed by atoms with van der Waals surface area (Å²) in [6, 6.07) is 0.884. The van der Waals surface area contributed by atoms with Crippen molar-refractivity contribution in [2.75, 3.05) is 13.1 Å². The molecule has 0 aromatic carbocycles. The Bertz CT molecular complexity index is 264. The van der Waals surface area contributed by atoms with Crippen LogP contribution in [0.15, 0.2) is 0 Å². The van der Waals surface area contributed by atoms with Crippen LogP contribution in [-0.4, -0.2) is 29.6 Å². The van der Waals surface area contributed by atoms with E-state index in [1.807, 2.05) is 0 Å². The summed E-state index contributed by atoms with van der Waals surface area (Å²) < 4.78 is 0. The van der Waals surface area contributed by atoms with Crippen molar-refractivity contribution in [3.05, 3.63) is 0 Å². The van der Waals surface area contributed by atoms with Crippen LogP contribution in [0.25, 0.3) is 0 Å². The zero-order chi connectivity index (χ0) is 12.4. The first-order valence-electron chi connectivity index (χ1n) is 8.30. The van der Waals surface area contributed by atoms with Crippen LogP contribution in [0.3, 0.4) is 0 Å². The van der Waals surface area contributed by atoms with E-state index < -0.39 is 0 Å². The Morgan fingerprint density at radius 2 is 1.61 bits per heavy atom. The molecule has 1 saturated heterocycles. The molecule has 1 heterocycles. The van der Waals surface area contributed by atoms with Gasteiger partial charge >= 0.3 is 0 Å². The van der Waals surface area contributed by atoms with Gasteiger partial charge in [-0.1, -0.05) is 32.1 Å². The molecule has 0 aromatic rings. The van der Waals surface area contributed by atoms with Crippen LogP contribution in [-0.2, 0) is 0 Å². The van der Waals surface area contributed by atoms with E-state index in [4.69, 9.17) is 5.73 Å². The van der Waals surface area contributed by atoms with Crippen LogP contribution in [0, 0.1) is 5.92 Å². The molecule has 3 aliphatic rings. The third kappa shape index (κ3) is 2.75. The summed E-state index contributed by atoms with van der Waals surface area (Å²) in [5.41, 5.74) is 6.81. The maximum absolute atomic E-state index is 6.66. The lowest BCUT2D eigenvalue weighted by Gasteiger charge is -2.40. The molecule has 2 nitrogen and oxygen atoms in total. The number of rotatable bonds is 3. The number of hydrogen-bond acceptors (Lipinski definition) is 2. The molecule has 0 bridgehead atoms. The van der Waals surface area contributed by atoms with Gasteiger partial charge in [0, 0.05) is 18.1 Å². The average molecular weight is 250 g/mol. The molecule has 2 N–H and O–H groups in total. The quantitative estimate of drug-likeness (QED) is 0.832. The molecule has 18 heavy (non-hydrogen) atoms. The predicted molar refractivity (Wildman–Crippen MR) is 76.6 cm³/mol. The highest BCUT2D eigenvalue weighted by Gasteiger charge is 2.37. The highest BCUT2D eigenvalue weighted by atomic mass is 15.2. The van der Waals surface area contributed by atoms with Crippen LogP contribution in [0.1, 0.15) is 70.6 Å². The third-order valence-corrected chi connectivity index (χ3v) is 5.73. The maximum atomic E-state index is 6.66. The van der Waals surface area contributed by atoms with Gasteiger partial charge in [0.05, 0.1) is 0 Å². The van der Waals surface area contributed by atoms with E-state index in [1.54, 1.807) is 0 Å². The van der Waals surface area contributed by atoms with Gasteiger partial charge in [-0.25, -0.2) is 0 Å². The average Bonchev–Trinajstić information content (AvgIpc) is 2.99. The highest BCUT2D eigenvalue weighted by molar-refractivity contribution is 4.95. The van der Waals surface area contributed by atoms with E-state index in [0.717, 1.165) is 12.0 Å². The maximum Gasteiger partial charge on any atom is 0.0283 e. The normalized spacial score (nSPS) is 34.2. The zero-order valence-electron chi connectivity index (χ0n) is 11.9. The minimum absolute atomic E-state index is 0.152. The molecule has 1 atom stereocenters. The summed E-state index contributed by atoms with van der Waals surface area (Å²) in [6.45, 7) is 2.51. The molecule has 0 spiro atoms. The second-order valence-electron chi connectivity index (χ2n) is 7.15. The zero-order valence-corrected chi connectivity index (χ0v) is 11.9. The van der Waals surface area contributed by atoms with E-state index in [0.29, 0.717) is 0 Å². The van der Waals surface area contributed by atoms with Gasteiger partial charge in [0.15, 0.2) is 0 Å². The Balaban J connectivity index is 1.60. The Labute approximate surface area is 112 Å². The molecule has 2 saturated carbocycles. The summed E-state index contributed by atoms with van der Waals surface area (Å²) in [7, 11) is 0. The van der Waals surface area contributed by atoms with Gasteiger partial charge in [-0.2, -0.15) is 0 Å². The van der Waals surface area contributed by atoms with E-state index in [1.165, 1.54) is 83.7 Å². The minimum atomic E-state index is 0.152. The van der Waals surface area contributed by atoms with Gasteiger partial charge in [0.25, 0.3) is 0 Å². The van der Waals surface area contributed by atoms with Crippen LogP contribution in [0.2, 0.25) is 0 Å². The van der Waals surface area contributed by atoms with Crippen molar-refractivity contribution >= 4 is 0 Å². The molecular weight excluding hydrogens is 220 g/mol. The second kappa shape index (κ2) is 5.50. The molecule has 3 fully saturated rings. The lowest BCUT2D eigenvalue weighted by molar-refractivity contribution is 0.130. The first kappa shape index (κ1) is 12.9. The molecule has 0 radical (unpaired) electrons. The van der Waals surface area contributed by atoms with E-state index in [9.17, 15) is 0 Å². The van der Waals surface area contributed by atoms with Gasteiger partial charge in [0.1, 0.15) is 0 Å². The predicted octanol–water partition coefficient (Wildman–Crippen LogP) is 3.30.